The van der Waals surface area contributed by atoms with E-state index in [2.05, 4.69) is 19.2 Å². The van der Waals surface area contributed by atoms with Gasteiger partial charge in [-0.3, -0.25) is 9.59 Å². The van der Waals surface area contributed by atoms with Crippen LogP contribution < -0.4 is 5.32 Å². The van der Waals surface area contributed by atoms with Gasteiger partial charge in [-0.05, 0) is 25.7 Å². The number of rotatable bonds is 60. The molecule has 0 bridgehead atoms. The van der Waals surface area contributed by atoms with E-state index in [9.17, 15) is 19.8 Å². The van der Waals surface area contributed by atoms with Crippen LogP contribution in [-0.2, 0) is 14.3 Å². The average Bonchev–Trinajstić information content (AvgIpc) is 3.35. The normalized spacial score (nSPS) is 12.5. The molecular weight excluding hydrogens is 851 g/mol. The lowest BCUT2D eigenvalue weighted by atomic mass is 10.0. The molecule has 0 rings (SSSR count). The predicted molar refractivity (Wildman–Crippen MR) is 301 cm³/mol. The standard InChI is InChI=1S/C63H125NO5/c1-3-5-7-9-11-13-15-17-19-25-29-33-37-41-45-49-53-57-63(68)69-58-54-50-46-42-38-34-30-27-24-22-20-21-23-26-28-32-36-40-44-48-52-56-62(67)64-60(59-65)61(66)55-51-47-43-39-35-31-18-16-14-12-10-8-6-4-2/h60-61,65-66H,3-59H2,1-2H3,(H,64,67). The highest BCUT2D eigenvalue weighted by atomic mass is 16.5. The fraction of sp³-hybridized carbons (Fsp3) is 0.968. The van der Waals surface area contributed by atoms with E-state index in [-0.39, 0.29) is 18.5 Å². The summed E-state index contributed by atoms with van der Waals surface area (Å²) < 4.78 is 5.50. The summed E-state index contributed by atoms with van der Waals surface area (Å²) >= 11 is 0. The van der Waals surface area contributed by atoms with Gasteiger partial charge in [0.05, 0.1) is 25.4 Å². The fourth-order valence-corrected chi connectivity index (χ4v) is 10.3. The molecule has 0 aliphatic heterocycles. The van der Waals surface area contributed by atoms with Gasteiger partial charge in [-0.2, -0.15) is 0 Å². The third-order valence-electron chi connectivity index (χ3n) is 15.2. The van der Waals surface area contributed by atoms with Crippen LogP contribution in [0, 0.1) is 0 Å². The molecule has 1 amide bonds. The van der Waals surface area contributed by atoms with Crippen molar-refractivity contribution in [3.05, 3.63) is 0 Å². The Morgan fingerprint density at radius 3 is 0.884 bits per heavy atom. The third kappa shape index (κ3) is 56.0. The van der Waals surface area contributed by atoms with Crippen molar-refractivity contribution in [1.29, 1.82) is 0 Å². The monoisotopic (exact) mass is 976 g/mol. The number of aliphatic hydroxyl groups excluding tert-OH is 2. The summed E-state index contributed by atoms with van der Waals surface area (Å²) in [6.45, 7) is 4.99. The van der Waals surface area contributed by atoms with E-state index < -0.39 is 12.1 Å². The maximum absolute atomic E-state index is 12.5. The number of aliphatic hydroxyl groups is 2. The van der Waals surface area contributed by atoms with Gasteiger partial charge in [0.2, 0.25) is 5.91 Å². The number of ether oxygens (including phenoxy) is 1. The molecule has 2 atom stereocenters. The summed E-state index contributed by atoms with van der Waals surface area (Å²) in [6.07, 6.45) is 69.7. The average molecular weight is 977 g/mol. The zero-order chi connectivity index (χ0) is 50.0. The van der Waals surface area contributed by atoms with Gasteiger partial charge in [0.1, 0.15) is 0 Å². The number of unbranched alkanes of at least 4 members (excludes halogenated alkanes) is 49. The second-order valence-electron chi connectivity index (χ2n) is 22.1. The molecule has 0 aromatic heterocycles. The molecule has 6 heteroatoms. The Bertz CT molecular complexity index is 990. The van der Waals surface area contributed by atoms with Crippen molar-refractivity contribution in [1.82, 2.24) is 5.32 Å². The molecule has 0 saturated heterocycles. The van der Waals surface area contributed by atoms with Crippen LogP contribution in [0.2, 0.25) is 0 Å². The number of carbonyl (C=O) groups is 2. The summed E-state index contributed by atoms with van der Waals surface area (Å²) in [5.74, 6) is -0.0160. The second-order valence-corrected chi connectivity index (χ2v) is 22.1. The van der Waals surface area contributed by atoms with Gasteiger partial charge in [-0.15, -0.1) is 0 Å². The minimum atomic E-state index is -0.663. The Morgan fingerprint density at radius 2 is 0.594 bits per heavy atom. The SMILES string of the molecule is CCCCCCCCCCCCCCCCCCCC(=O)OCCCCCCCCCCCCCCCCCCCCCCCC(=O)NC(CO)C(O)CCCCCCCCCCCCCCCC. The largest absolute Gasteiger partial charge is 0.466 e. The number of hydrogen-bond acceptors (Lipinski definition) is 5. The summed E-state index contributed by atoms with van der Waals surface area (Å²) in [5.41, 5.74) is 0. The summed E-state index contributed by atoms with van der Waals surface area (Å²) in [4.78, 5) is 24.6. The van der Waals surface area contributed by atoms with E-state index in [0.717, 1.165) is 38.5 Å². The van der Waals surface area contributed by atoms with Crippen LogP contribution in [0.4, 0.5) is 0 Å². The van der Waals surface area contributed by atoms with Gasteiger partial charge < -0.3 is 20.3 Å². The van der Waals surface area contributed by atoms with Gasteiger partial charge in [-0.25, -0.2) is 0 Å². The molecule has 0 aromatic carbocycles. The van der Waals surface area contributed by atoms with Crippen molar-refractivity contribution < 1.29 is 24.5 Å². The van der Waals surface area contributed by atoms with Crippen molar-refractivity contribution in [2.75, 3.05) is 13.2 Å². The maximum atomic E-state index is 12.5. The van der Waals surface area contributed by atoms with Crippen molar-refractivity contribution in [3.63, 3.8) is 0 Å². The van der Waals surface area contributed by atoms with Gasteiger partial charge in [-0.1, -0.05) is 328 Å². The van der Waals surface area contributed by atoms with E-state index in [4.69, 9.17) is 4.74 Å². The summed E-state index contributed by atoms with van der Waals surface area (Å²) in [6, 6.07) is -0.540. The van der Waals surface area contributed by atoms with Crippen LogP contribution >= 0.6 is 0 Å². The number of hydrogen-bond donors (Lipinski definition) is 3. The highest BCUT2D eigenvalue weighted by molar-refractivity contribution is 5.76. The molecule has 6 nitrogen and oxygen atoms in total. The minimum absolute atomic E-state index is 0.0171. The van der Waals surface area contributed by atoms with Crippen molar-refractivity contribution in [2.45, 2.75) is 379 Å². The van der Waals surface area contributed by atoms with E-state index >= 15 is 0 Å². The van der Waals surface area contributed by atoms with E-state index in [0.29, 0.717) is 25.9 Å². The predicted octanol–water partition coefficient (Wildman–Crippen LogP) is 19.9. The molecule has 3 N–H and O–H groups in total. The zero-order valence-corrected chi connectivity index (χ0v) is 47.1. The Morgan fingerprint density at radius 1 is 0.348 bits per heavy atom. The van der Waals surface area contributed by atoms with Gasteiger partial charge in [0, 0.05) is 12.8 Å². The van der Waals surface area contributed by atoms with Gasteiger partial charge in [0.25, 0.3) is 0 Å². The molecule has 0 saturated carbocycles. The highest BCUT2D eigenvalue weighted by Gasteiger charge is 2.20. The summed E-state index contributed by atoms with van der Waals surface area (Å²) in [7, 11) is 0. The van der Waals surface area contributed by atoms with Crippen molar-refractivity contribution in [2.24, 2.45) is 0 Å². The maximum Gasteiger partial charge on any atom is 0.305 e. The first-order valence-electron chi connectivity index (χ1n) is 31.8. The lowest BCUT2D eigenvalue weighted by molar-refractivity contribution is -0.143. The van der Waals surface area contributed by atoms with Crippen LogP contribution in [0.15, 0.2) is 0 Å². The first-order valence-corrected chi connectivity index (χ1v) is 31.8. The molecule has 0 aliphatic rings. The molecule has 0 spiro atoms. The first kappa shape index (κ1) is 67.9. The quantitative estimate of drug-likeness (QED) is 0.0417. The molecule has 0 fully saturated rings. The Balaban J connectivity index is 3.35. The molecule has 0 aromatic rings. The molecule has 2 unspecified atom stereocenters. The van der Waals surface area contributed by atoms with Crippen LogP contribution in [0.1, 0.15) is 367 Å². The van der Waals surface area contributed by atoms with Crippen LogP contribution in [-0.4, -0.2) is 47.4 Å². The fourth-order valence-electron chi connectivity index (χ4n) is 10.3. The van der Waals surface area contributed by atoms with E-state index in [1.807, 2.05) is 0 Å². The van der Waals surface area contributed by atoms with Gasteiger partial charge >= 0.3 is 5.97 Å². The molecule has 0 aliphatic carbocycles. The van der Waals surface area contributed by atoms with Gasteiger partial charge in [0.15, 0.2) is 0 Å². The number of esters is 1. The number of amides is 1. The molecule has 69 heavy (non-hydrogen) atoms. The van der Waals surface area contributed by atoms with Crippen LogP contribution in [0.25, 0.3) is 0 Å². The molecule has 0 heterocycles. The zero-order valence-electron chi connectivity index (χ0n) is 47.1. The highest BCUT2D eigenvalue weighted by Crippen LogP contribution is 2.19. The first-order chi connectivity index (χ1) is 34.0. The van der Waals surface area contributed by atoms with E-state index in [1.54, 1.807) is 0 Å². The number of nitrogens with one attached hydrogen (secondary N) is 1. The Hall–Kier alpha value is -1.14. The Labute approximate surface area is 432 Å². The summed E-state index contributed by atoms with van der Waals surface area (Å²) in [5, 5.41) is 23.3. The Kier molecular flexibility index (Phi) is 58.4. The topological polar surface area (TPSA) is 95.9 Å². The van der Waals surface area contributed by atoms with E-state index in [1.165, 1.54) is 295 Å². The third-order valence-corrected chi connectivity index (χ3v) is 15.2. The molecular formula is C63H125NO5. The molecule has 0 radical (unpaired) electrons. The second kappa shape index (κ2) is 59.4. The molecule has 412 valence electrons. The van der Waals surface area contributed by atoms with Crippen LogP contribution in [0.3, 0.4) is 0 Å². The minimum Gasteiger partial charge on any atom is -0.466 e. The number of carbonyl (C=O) groups excluding carboxylic acids is 2. The van der Waals surface area contributed by atoms with Crippen molar-refractivity contribution >= 4 is 11.9 Å². The lowest BCUT2D eigenvalue weighted by Gasteiger charge is -2.22. The van der Waals surface area contributed by atoms with Crippen molar-refractivity contribution in [3.8, 4) is 0 Å². The lowest BCUT2D eigenvalue weighted by Crippen LogP contribution is -2.45. The van der Waals surface area contributed by atoms with Crippen LogP contribution in [0.5, 0.6) is 0 Å². The smallest absolute Gasteiger partial charge is 0.305 e.